The zero-order chi connectivity index (χ0) is 22.8. The van der Waals surface area contributed by atoms with Crippen molar-refractivity contribution in [2.24, 2.45) is 5.10 Å². The van der Waals surface area contributed by atoms with Crippen molar-refractivity contribution in [3.8, 4) is 11.5 Å². The van der Waals surface area contributed by atoms with Gasteiger partial charge >= 0.3 is 11.8 Å². The van der Waals surface area contributed by atoms with Gasteiger partial charge in [0.1, 0.15) is 11.5 Å². The Morgan fingerprint density at radius 3 is 2.44 bits per heavy atom. The summed E-state index contributed by atoms with van der Waals surface area (Å²) in [5.74, 6) is -0.748. The van der Waals surface area contributed by atoms with E-state index in [2.05, 4.69) is 15.8 Å². The maximum Gasteiger partial charge on any atom is 0.329 e. The van der Waals surface area contributed by atoms with Gasteiger partial charge in [-0.15, -0.1) is 0 Å². The summed E-state index contributed by atoms with van der Waals surface area (Å²) in [6, 6.07) is 13.7. The standard InChI is InChI=1S/C23H26N4O5/c1-2-31-20-8-4-3-7-19(20)25-22(29)23(30)26-24-15-17-9-11-18(12-10-17)32-16-21(28)27-13-5-6-14-27/h3-4,7-12,15H,2,5-6,13-14,16H2,1H3,(H,25,29)(H,26,30)/b24-15-. The largest absolute Gasteiger partial charge is 0.492 e. The topological polar surface area (TPSA) is 109 Å². The second-order valence-electron chi connectivity index (χ2n) is 7.03. The van der Waals surface area contributed by atoms with E-state index in [0.29, 0.717) is 29.4 Å². The number of rotatable bonds is 8. The molecule has 0 atom stereocenters. The molecule has 0 unspecified atom stereocenters. The number of amides is 3. The summed E-state index contributed by atoms with van der Waals surface area (Å²) < 4.78 is 10.9. The van der Waals surface area contributed by atoms with E-state index in [1.54, 1.807) is 53.4 Å². The SMILES string of the molecule is CCOc1ccccc1NC(=O)C(=O)N/N=C\c1ccc(OCC(=O)N2CCCC2)cc1. The third-order valence-electron chi connectivity index (χ3n) is 4.72. The number of benzene rings is 2. The molecule has 0 aromatic heterocycles. The molecule has 0 bridgehead atoms. The van der Waals surface area contributed by atoms with Gasteiger partial charge in [-0.05, 0) is 61.7 Å². The van der Waals surface area contributed by atoms with Gasteiger partial charge in [0, 0.05) is 13.1 Å². The zero-order valence-electron chi connectivity index (χ0n) is 17.9. The molecular weight excluding hydrogens is 412 g/mol. The van der Waals surface area contributed by atoms with Crippen molar-refractivity contribution < 1.29 is 23.9 Å². The monoisotopic (exact) mass is 438 g/mol. The van der Waals surface area contributed by atoms with Gasteiger partial charge in [-0.1, -0.05) is 12.1 Å². The molecule has 2 N–H and O–H groups in total. The number of carbonyl (C=O) groups is 3. The summed E-state index contributed by atoms with van der Waals surface area (Å²) in [4.78, 5) is 37.9. The Morgan fingerprint density at radius 2 is 1.72 bits per heavy atom. The Balaban J connectivity index is 1.45. The maximum atomic E-state index is 12.1. The average molecular weight is 438 g/mol. The van der Waals surface area contributed by atoms with E-state index < -0.39 is 11.8 Å². The molecule has 0 radical (unpaired) electrons. The summed E-state index contributed by atoms with van der Waals surface area (Å²) in [6.45, 7) is 3.85. The van der Waals surface area contributed by atoms with Crippen LogP contribution >= 0.6 is 0 Å². The quantitative estimate of drug-likeness (QED) is 0.373. The Kier molecular flexibility index (Phi) is 8.19. The number of nitrogens with one attached hydrogen (secondary N) is 2. The molecule has 1 heterocycles. The lowest BCUT2D eigenvalue weighted by Gasteiger charge is -2.15. The predicted octanol–water partition coefficient (Wildman–Crippen LogP) is 2.18. The van der Waals surface area contributed by atoms with E-state index in [4.69, 9.17) is 9.47 Å². The normalized spacial score (nSPS) is 13.1. The highest BCUT2D eigenvalue weighted by atomic mass is 16.5. The Bertz CT molecular complexity index is 969. The van der Waals surface area contributed by atoms with Crippen LogP contribution in [0.2, 0.25) is 0 Å². The summed E-state index contributed by atoms with van der Waals surface area (Å²) in [6.07, 6.45) is 3.48. The molecule has 168 valence electrons. The highest BCUT2D eigenvalue weighted by molar-refractivity contribution is 6.39. The number of para-hydroxylation sites is 2. The Morgan fingerprint density at radius 1 is 1.00 bits per heavy atom. The van der Waals surface area contributed by atoms with Gasteiger partial charge in [-0.3, -0.25) is 14.4 Å². The first kappa shape index (κ1) is 22.8. The van der Waals surface area contributed by atoms with Crippen LogP contribution in [0.3, 0.4) is 0 Å². The lowest BCUT2D eigenvalue weighted by Crippen LogP contribution is -2.32. The van der Waals surface area contributed by atoms with Crippen LogP contribution in [-0.2, 0) is 14.4 Å². The molecule has 1 fully saturated rings. The third kappa shape index (κ3) is 6.56. The van der Waals surface area contributed by atoms with Crippen molar-refractivity contribution in [1.29, 1.82) is 0 Å². The van der Waals surface area contributed by atoms with Gasteiger partial charge in [0.25, 0.3) is 5.91 Å². The number of carbonyl (C=O) groups excluding carboxylic acids is 3. The molecule has 1 aliphatic rings. The Hall–Kier alpha value is -3.88. The highest BCUT2D eigenvalue weighted by Crippen LogP contribution is 2.23. The number of likely N-dealkylation sites (tertiary alicyclic amines) is 1. The fourth-order valence-corrected chi connectivity index (χ4v) is 3.10. The molecule has 1 aliphatic heterocycles. The van der Waals surface area contributed by atoms with Gasteiger partial charge in [-0.2, -0.15) is 5.10 Å². The number of hydrazone groups is 1. The first-order valence-electron chi connectivity index (χ1n) is 10.4. The average Bonchev–Trinajstić information content (AvgIpc) is 3.35. The van der Waals surface area contributed by atoms with Gasteiger partial charge < -0.3 is 19.7 Å². The summed E-state index contributed by atoms with van der Waals surface area (Å²) in [5.41, 5.74) is 3.27. The van der Waals surface area contributed by atoms with Crippen molar-refractivity contribution in [2.45, 2.75) is 19.8 Å². The van der Waals surface area contributed by atoms with Crippen LogP contribution in [0, 0.1) is 0 Å². The lowest BCUT2D eigenvalue weighted by molar-refractivity contribution is -0.136. The molecule has 0 saturated carbocycles. The lowest BCUT2D eigenvalue weighted by atomic mass is 10.2. The summed E-state index contributed by atoms with van der Waals surface area (Å²) >= 11 is 0. The minimum atomic E-state index is -0.909. The first-order valence-corrected chi connectivity index (χ1v) is 10.4. The third-order valence-corrected chi connectivity index (χ3v) is 4.72. The van der Waals surface area contributed by atoms with Crippen molar-refractivity contribution in [3.05, 3.63) is 54.1 Å². The van der Waals surface area contributed by atoms with Crippen molar-refractivity contribution in [3.63, 3.8) is 0 Å². The number of ether oxygens (including phenoxy) is 2. The van der Waals surface area contributed by atoms with Gasteiger partial charge in [-0.25, -0.2) is 5.43 Å². The van der Waals surface area contributed by atoms with E-state index in [1.165, 1.54) is 6.21 Å². The van der Waals surface area contributed by atoms with E-state index >= 15 is 0 Å². The molecule has 2 aromatic carbocycles. The molecular formula is C23H26N4O5. The van der Waals surface area contributed by atoms with Crippen LogP contribution in [0.5, 0.6) is 11.5 Å². The van der Waals surface area contributed by atoms with Gasteiger partial charge in [0.15, 0.2) is 6.61 Å². The van der Waals surface area contributed by atoms with E-state index in [0.717, 1.165) is 25.9 Å². The number of hydrogen-bond acceptors (Lipinski definition) is 6. The molecule has 2 aromatic rings. The molecule has 1 saturated heterocycles. The number of anilines is 1. The number of hydrogen-bond donors (Lipinski definition) is 2. The van der Waals surface area contributed by atoms with Crippen LogP contribution in [0.1, 0.15) is 25.3 Å². The Labute approximate surface area is 186 Å². The van der Waals surface area contributed by atoms with E-state index in [9.17, 15) is 14.4 Å². The second-order valence-corrected chi connectivity index (χ2v) is 7.03. The molecule has 0 spiro atoms. The van der Waals surface area contributed by atoms with Crippen molar-refractivity contribution in [1.82, 2.24) is 10.3 Å². The fourth-order valence-electron chi connectivity index (χ4n) is 3.10. The first-order chi connectivity index (χ1) is 15.6. The molecule has 3 amide bonds. The van der Waals surface area contributed by atoms with Crippen LogP contribution in [-0.4, -0.2) is 55.1 Å². The summed E-state index contributed by atoms with van der Waals surface area (Å²) in [5, 5.41) is 6.30. The van der Waals surface area contributed by atoms with Crippen LogP contribution < -0.4 is 20.2 Å². The van der Waals surface area contributed by atoms with E-state index in [1.807, 2.05) is 6.92 Å². The van der Waals surface area contributed by atoms with E-state index in [-0.39, 0.29) is 12.5 Å². The smallest absolute Gasteiger partial charge is 0.329 e. The summed E-state index contributed by atoms with van der Waals surface area (Å²) in [7, 11) is 0. The van der Waals surface area contributed by atoms with Crippen molar-refractivity contribution >= 4 is 29.6 Å². The molecule has 3 rings (SSSR count). The van der Waals surface area contributed by atoms with Crippen LogP contribution in [0.4, 0.5) is 5.69 Å². The second kappa shape index (κ2) is 11.5. The highest BCUT2D eigenvalue weighted by Gasteiger charge is 2.18. The van der Waals surface area contributed by atoms with Crippen LogP contribution in [0.15, 0.2) is 53.6 Å². The molecule has 9 nitrogen and oxygen atoms in total. The van der Waals surface area contributed by atoms with Gasteiger partial charge in [0.2, 0.25) is 0 Å². The molecule has 9 heteroatoms. The minimum absolute atomic E-state index is 0.00499. The minimum Gasteiger partial charge on any atom is -0.492 e. The van der Waals surface area contributed by atoms with Crippen molar-refractivity contribution in [2.75, 3.05) is 31.6 Å². The predicted molar refractivity (Wildman–Crippen MR) is 120 cm³/mol. The fraction of sp³-hybridized carbons (Fsp3) is 0.304. The maximum absolute atomic E-state index is 12.1. The number of nitrogens with zero attached hydrogens (tertiary/aromatic N) is 2. The van der Waals surface area contributed by atoms with Gasteiger partial charge in [0.05, 0.1) is 18.5 Å². The molecule has 32 heavy (non-hydrogen) atoms. The van der Waals surface area contributed by atoms with Crippen LogP contribution in [0.25, 0.3) is 0 Å². The zero-order valence-corrected chi connectivity index (χ0v) is 17.9. The molecule has 0 aliphatic carbocycles.